The first kappa shape index (κ1) is 28.2. The number of ketones is 1. The lowest BCUT2D eigenvalue weighted by molar-refractivity contribution is -0.646. The Bertz CT molecular complexity index is 1430. The Kier molecular flexibility index (Phi) is 7.24. The first-order valence-corrected chi connectivity index (χ1v) is 15.3. The van der Waals surface area contributed by atoms with Gasteiger partial charge in [-0.1, -0.05) is 52.2 Å². The van der Waals surface area contributed by atoms with Crippen LogP contribution in [-0.2, 0) is 25.0 Å². The molecule has 40 heavy (non-hydrogen) atoms. The molecule has 214 valence electrons. The van der Waals surface area contributed by atoms with Crippen LogP contribution in [0.25, 0.3) is 0 Å². The summed E-state index contributed by atoms with van der Waals surface area (Å²) in [5.41, 5.74) is 0.309. The number of aromatic nitrogens is 1. The van der Waals surface area contributed by atoms with Crippen molar-refractivity contribution < 1.29 is 27.5 Å². The van der Waals surface area contributed by atoms with E-state index in [9.17, 15) is 28.0 Å². The average Bonchev–Trinajstić information content (AvgIpc) is 3.50. The molecule has 1 aromatic heterocycles. The van der Waals surface area contributed by atoms with Gasteiger partial charge in [-0.05, 0) is 48.4 Å². The molecule has 10 nitrogen and oxygen atoms in total. The summed E-state index contributed by atoms with van der Waals surface area (Å²) in [6.07, 6.45) is 4.70. The van der Waals surface area contributed by atoms with Crippen LogP contribution < -0.4 is 10.0 Å². The molecule has 0 radical (unpaired) electrons. The monoisotopic (exact) mass is 568 g/mol. The van der Waals surface area contributed by atoms with E-state index in [1.807, 2.05) is 12.1 Å². The molecule has 2 aromatic rings. The van der Waals surface area contributed by atoms with Gasteiger partial charge in [0, 0.05) is 24.2 Å². The van der Waals surface area contributed by atoms with Gasteiger partial charge in [0.2, 0.25) is 5.91 Å². The van der Waals surface area contributed by atoms with Crippen LogP contribution in [0.5, 0.6) is 0 Å². The number of rotatable bonds is 5. The van der Waals surface area contributed by atoms with E-state index >= 15 is 0 Å². The van der Waals surface area contributed by atoms with Crippen molar-refractivity contribution in [3.8, 4) is 0 Å². The van der Waals surface area contributed by atoms with Gasteiger partial charge in [-0.15, -0.1) is 0 Å². The third-order valence-electron chi connectivity index (χ3n) is 8.48. The van der Waals surface area contributed by atoms with Crippen LogP contribution in [0.4, 0.5) is 0 Å². The normalized spacial score (nSPS) is 23.2. The number of likely N-dealkylation sites (tertiary alicyclic amines) is 1. The second-order valence-electron chi connectivity index (χ2n) is 12.1. The molecule has 2 atom stereocenters. The van der Waals surface area contributed by atoms with Gasteiger partial charge in [0.1, 0.15) is 11.6 Å². The summed E-state index contributed by atoms with van der Waals surface area (Å²) in [5, 5.41) is 14.8. The van der Waals surface area contributed by atoms with Gasteiger partial charge in [0.15, 0.2) is 12.0 Å². The highest BCUT2D eigenvalue weighted by atomic mass is 32.2. The number of carbonyl (C=O) groups is 3. The predicted molar refractivity (Wildman–Crippen MR) is 147 cm³/mol. The molecule has 2 amide bonds. The molecule has 1 aliphatic carbocycles. The standard InChI is InChI=1S/C29H36N4O6S/c1-28(2,3)21-12-10-20(11-13-21)26(35)30-29(15-6-4-7-16-29)27(36)31-18-14-22-25(31)23(34)19-33(22)40(38,39)24-9-5-8-17-32(24)37/h5,8-13,17,22,25H,4,6-7,14-16,18-19H2,1-3H3,(H,30,35). The second kappa shape index (κ2) is 10.3. The van der Waals surface area contributed by atoms with Gasteiger partial charge in [0.25, 0.3) is 5.91 Å². The lowest BCUT2D eigenvalue weighted by atomic mass is 9.80. The molecule has 1 N–H and O–H groups in total. The summed E-state index contributed by atoms with van der Waals surface area (Å²) in [4.78, 5) is 42.3. The van der Waals surface area contributed by atoms with Crippen molar-refractivity contribution in [1.29, 1.82) is 0 Å². The smallest absolute Gasteiger partial charge is 0.323 e. The van der Waals surface area contributed by atoms with Gasteiger partial charge in [-0.3, -0.25) is 14.4 Å². The first-order valence-electron chi connectivity index (χ1n) is 13.8. The molecule has 11 heteroatoms. The highest BCUT2D eigenvalue weighted by Gasteiger charge is 2.57. The fourth-order valence-electron chi connectivity index (χ4n) is 6.29. The van der Waals surface area contributed by atoms with Crippen LogP contribution >= 0.6 is 0 Å². The zero-order valence-corrected chi connectivity index (χ0v) is 23.9. The van der Waals surface area contributed by atoms with Crippen LogP contribution in [-0.4, -0.2) is 65.9 Å². The molecular weight excluding hydrogens is 532 g/mol. The minimum Gasteiger partial charge on any atom is -0.618 e. The van der Waals surface area contributed by atoms with Gasteiger partial charge < -0.3 is 15.4 Å². The summed E-state index contributed by atoms with van der Waals surface area (Å²) in [7, 11) is -4.26. The van der Waals surface area contributed by atoms with Gasteiger partial charge in [-0.25, -0.2) is 8.42 Å². The molecule has 2 aliphatic heterocycles. The lowest BCUT2D eigenvalue weighted by Gasteiger charge is -2.40. The third-order valence-corrected chi connectivity index (χ3v) is 10.3. The van der Waals surface area contributed by atoms with E-state index < -0.39 is 39.2 Å². The topological polar surface area (TPSA) is 131 Å². The van der Waals surface area contributed by atoms with E-state index in [2.05, 4.69) is 26.1 Å². The summed E-state index contributed by atoms with van der Waals surface area (Å²) < 4.78 is 28.1. The maximum atomic E-state index is 14.2. The number of sulfonamides is 1. The molecule has 5 rings (SSSR count). The van der Waals surface area contributed by atoms with Gasteiger partial charge in [-0.2, -0.15) is 9.04 Å². The summed E-state index contributed by atoms with van der Waals surface area (Å²) in [5.74, 6) is -1.08. The van der Waals surface area contributed by atoms with E-state index in [1.165, 1.54) is 23.1 Å². The molecule has 3 aliphatic rings. The molecule has 0 bridgehead atoms. The van der Waals surface area contributed by atoms with Crippen molar-refractivity contribution in [3.63, 3.8) is 0 Å². The van der Waals surface area contributed by atoms with E-state index in [0.717, 1.165) is 35.3 Å². The van der Waals surface area contributed by atoms with Crippen molar-refractivity contribution in [2.45, 2.75) is 87.4 Å². The van der Waals surface area contributed by atoms with Crippen molar-refractivity contribution in [2.24, 2.45) is 0 Å². The molecule has 2 saturated heterocycles. The highest BCUT2D eigenvalue weighted by molar-refractivity contribution is 7.89. The maximum absolute atomic E-state index is 14.2. The number of nitrogens with zero attached hydrogens (tertiary/aromatic N) is 3. The van der Waals surface area contributed by atoms with Crippen LogP contribution in [0.2, 0.25) is 0 Å². The summed E-state index contributed by atoms with van der Waals surface area (Å²) >= 11 is 0. The Balaban J connectivity index is 1.39. The van der Waals surface area contributed by atoms with Crippen molar-refractivity contribution in [1.82, 2.24) is 14.5 Å². The Hall–Kier alpha value is -3.31. The minimum absolute atomic E-state index is 0.0640. The molecule has 3 fully saturated rings. The number of amides is 2. The van der Waals surface area contributed by atoms with Crippen LogP contribution in [0.1, 0.15) is 75.2 Å². The Morgan fingerprint density at radius 2 is 1.73 bits per heavy atom. The second-order valence-corrected chi connectivity index (χ2v) is 13.9. The third kappa shape index (κ3) is 4.89. The number of hydrogen-bond donors (Lipinski definition) is 1. The van der Waals surface area contributed by atoms with Crippen molar-refractivity contribution >= 4 is 27.6 Å². The van der Waals surface area contributed by atoms with Gasteiger partial charge in [0.05, 0.1) is 12.6 Å². The van der Waals surface area contributed by atoms with E-state index in [1.54, 1.807) is 12.1 Å². The molecular formula is C29H36N4O6S. The Labute approximate surface area is 235 Å². The minimum atomic E-state index is -4.26. The molecule has 0 spiro atoms. The SMILES string of the molecule is CC(C)(C)c1ccc(C(=O)NC2(C(=O)N3CCC4C3C(=O)CN4S(=O)(=O)c3cccc[n+]3[O-])CCCCC2)cc1. The largest absolute Gasteiger partial charge is 0.618 e. The molecule has 3 heterocycles. The predicted octanol–water partition coefficient (Wildman–Crippen LogP) is 2.29. The Morgan fingerprint density at radius 3 is 2.35 bits per heavy atom. The number of benzene rings is 1. The van der Waals surface area contributed by atoms with Crippen LogP contribution in [0.3, 0.4) is 0 Å². The number of carbonyl (C=O) groups excluding carboxylic acids is 3. The fraction of sp³-hybridized carbons (Fsp3) is 0.517. The summed E-state index contributed by atoms with van der Waals surface area (Å²) in [6, 6.07) is 9.73. The van der Waals surface area contributed by atoms with Crippen molar-refractivity contribution in [2.75, 3.05) is 13.1 Å². The van der Waals surface area contributed by atoms with Crippen LogP contribution in [0.15, 0.2) is 53.7 Å². The Morgan fingerprint density at radius 1 is 1.05 bits per heavy atom. The molecule has 1 aromatic carbocycles. The highest BCUT2D eigenvalue weighted by Crippen LogP contribution is 2.38. The zero-order chi connectivity index (χ0) is 28.9. The number of hydrogen-bond acceptors (Lipinski definition) is 6. The number of pyridine rings is 1. The quantitative estimate of drug-likeness (QED) is 0.435. The zero-order valence-electron chi connectivity index (χ0n) is 23.1. The fourth-order valence-corrected chi connectivity index (χ4v) is 7.94. The van der Waals surface area contributed by atoms with E-state index in [0.29, 0.717) is 18.4 Å². The number of fused-ring (bicyclic) bond motifs is 1. The van der Waals surface area contributed by atoms with Crippen molar-refractivity contribution in [3.05, 3.63) is 65.0 Å². The van der Waals surface area contributed by atoms with Gasteiger partial charge >= 0.3 is 15.0 Å². The number of Topliss-reactive ketones (excluding diaryl/α,β-unsaturated/α-hetero) is 1. The molecule has 1 saturated carbocycles. The van der Waals surface area contributed by atoms with E-state index in [-0.39, 0.29) is 40.7 Å². The van der Waals surface area contributed by atoms with E-state index in [4.69, 9.17) is 0 Å². The lowest BCUT2D eigenvalue weighted by Crippen LogP contribution is -2.62. The maximum Gasteiger partial charge on any atom is 0.323 e. The average molecular weight is 569 g/mol. The number of nitrogens with one attached hydrogen (secondary N) is 1. The summed E-state index contributed by atoms with van der Waals surface area (Å²) in [6.45, 7) is 6.06. The first-order chi connectivity index (χ1) is 18.8. The molecule has 2 unspecified atom stereocenters. The van der Waals surface area contributed by atoms with Crippen LogP contribution in [0, 0.1) is 5.21 Å².